The van der Waals surface area contributed by atoms with E-state index >= 15 is 8.78 Å². The quantitative estimate of drug-likeness (QED) is 0.459. The zero-order valence-electron chi connectivity index (χ0n) is 19.6. The van der Waals surface area contributed by atoms with Gasteiger partial charge in [-0.1, -0.05) is 0 Å². The Morgan fingerprint density at radius 3 is 2.56 bits per heavy atom. The smallest absolute Gasteiger partial charge is 0.341 e. The number of aryl methyl sites for hydroxylation is 1. The van der Waals surface area contributed by atoms with E-state index in [0.29, 0.717) is 6.54 Å². The average molecular weight is 505 g/mol. The van der Waals surface area contributed by atoms with E-state index in [0.717, 1.165) is 18.3 Å². The summed E-state index contributed by atoms with van der Waals surface area (Å²) in [5, 5.41) is 28.3. The summed E-state index contributed by atoms with van der Waals surface area (Å²) >= 11 is 0. The molecule has 3 aromatic rings. The number of aliphatic hydroxyl groups excluding tert-OH is 1. The number of pyridine rings is 1. The van der Waals surface area contributed by atoms with Gasteiger partial charge in [0, 0.05) is 44.5 Å². The highest BCUT2D eigenvalue weighted by molar-refractivity contribution is 5.93. The molecule has 1 aliphatic rings. The molecule has 1 saturated heterocycles. The third kappa shape index (κ3) is 4.33. The predicted octanol–water partition coefficient (Wildman–Crippen LogP) is 1.86. The van der Waals surface area contributed by atoms with E-state index in [4.69, 9.17) is 4.42 Å². The minimum Gasteiger partial charge on any atom is -0.502 e. The minimum atomic E-state index is -1.48. The van der Waals surface area contributed by atoms with Crippen molar-refractivity contribution >= 4 is 22.6 Å². The van der Waals surface area contributed by atoms with Gasteiger partial charge < -0.3 is 29.2 Å². The summed E-state index contributed by atoms with van der Waals surface area (Å²) in [7, 11) is 0. The lowest BCUT2D eigenvalue weighted by Crippen LogP contribution is -2.52. The number of hydrogen-bond acceptors (Lipinski definition) is 8. The SMILES string of the molecule is CCn1cc(C(=O)O)c(=O)c2cc(F)c(N3CCN(Cc4oc(CO)cc(=O)c4O)C(C)C3)c(F)c21. The van der Waals surface area contributed by atoms with Crippen molar-refractivity contribution in [3.8, 4) is 5.75 Å². The van der Waals surface area contributed by atoms with Crippen LogP contribution >= 0.6 is 0 Å². The van der Waals surface area contributed by atoms with Gasteiger partial charge in [0.05, 0.1) is 17.4 Å². The van der Waals surface area contributed by atoms with Crippen molar-refractivity contribution in [1.29, 1.82) is 0 Å². The molecule has 36 heavy (non-hydrogen) atoms. The molecule has 1 atom stereocenters. The number of carbonyl (C=O) groups is 1. The molecule has 10 nitrogen and oxygen atoms in total. The van der Waals surface area contributed by atoms with E-state index in [2.05, 4.69) is 0 Å². The van der Waals surface area contributed by atoms with Crippen LogP contribution in [0.3, 0.4) is 0 Å². The number of rotatable bonds is 6. The molecule has 4 rings (SSSR count). The first-order valence-electron chi connectivity index (χ1n) is 11.3. The van der Waals surface area contributed by atoms with Crippen LogP contribution in [0.25, 0.3) is 10.9 Å². The molecule has 3 heterocycles. The number of halogens is 2. The largest absolute Gasteiger partial charge is 0.502 e. The molecule has 0 radical (unpaired) electrons. The van der Waals surface area contributed by atoms with E-state index < -0.39 is 46.4 Å². The molecular weight excluding hydrogens is 480 g/mol. The van der Waals surface area contributed by atoms with Crippen LogP contribution in [0.4, 0.5) is 14.5 Å². The van der Waals surface area contributed by atoms with Gasteiger partial charge >= 0.3 is 5.97 Å². The molecule has 1 unspecified atom stereocenters. The third-order valence-electron chi connectivity index (χ3n) is 6.43. The van der Waals surface area contributed by atoms with Gasteiger partial charge in [0.1, 0.15) is 29.4 Å². The molecule has 3 N–H and O–H groups in total. The highest BCUT2D eigenvalue weighted by Crippen LogP contribution is 2.32. The fourth-order valence-electron chi connectivity index (χ4n) is 4.56. The lowest BCUT2D eigenvalue weighted by Gasteiger charge is -2.41. The number of piperazine rings is 1. The van der Waals surface area contributed by atoms with Crippen molar-refractivity contribution in [2.45, 2.75) is 39.6 Å². The van der Waals surface area contributed by atoms with Gasteiger partial charge in [0.25, 0.3) is 0 Å². The lowest BCUT2D eigenvalue weighted by molar-refractivity contribution is 0.0694. The summed E-state index contributed by atoms with van der Waals surface area (Å²) < 4.78 is 37.6. The van der Waals surface area contributed by atoms with Gasteiger partial charge in [-0.3, -0.25) is 14.5 Å². The van der Waals surface area contributed by atoms with Crippen LogP contribution in [0.1, 0.15) is 35.7 Å². The number of aromatic hydroxyl groups is 1. The topological polar surface area (TPSA) is 136 Å². The number of carboxylic acids is 1. The van der Waals surface area contributed by atoms with Crippen molar-refractivity contribution < 1.29 is 33.3 Å². The second-order valence-electron chi connectivity index (χ2n) is 8.65. The molecule has 2 aromatic heterocycles. The molecule has 0 spiro atoms. The second-order valence-corrected chi connectivity index (χ2v) is 8.65. The molecule has 0 saturated carbocycles. The fourth-order valence-corrected chi connectivity index (χ4v) is 4.56. The highest BCUT2D eigenvalue weighted by Gasteiger charge is 2.31. The first-order valence-corrected chi connectivity index (χ1v) is 11.3. The van der Waals surface area contributed by atoms with E-state index in [-0.39, 0.29) is 60.3 Å². The van der Waals surface area contributed by atoms with Crippen molar-refractivity contribution in [3.05, 3.63) is 67.5 Å². The summed E-state index contributed by atoms with van der Waals surface area (Å²) in [6.07, 6.45) is 1.05. The lowest BCUT2D eigenvalue weighted by atomic mass is 10.1. The predicted molar refractivity (Wildman–Crippen MR) is 125 cm³/mol. The summed E-state index contributed by atoms with van der Waals surface area (Å²) in [6.45, 7) is 3.79. The summed E-state index contributed by atoms with van der Waals surface area (Å²) in [5.41, 5.74) is -2.71. The summed E-state index contributed by atoms with van der Waals surface area (Å²) in [5.74, 6) is -4.00. The van der Waals surface area contributed by atoms with Crippen LogP contribution in [0, 0.1) is 11.6 Å². The van der Waals surface area contributed by atoms with Gasteiger partial charge in [-0.25, -0.2) is 13.6 Å². The maximum Gasteiger partial charge on any atom is 0.341 e. The van der Waals surface area contributed by atoms with E-state index in [9.17, 15) is 29.7 Å². The van der Waals surface area contributed by atoms with Crippen molar-refractivity contribution in [3.63, 3.8) is 0 Å². The number of fused-ring (bicyclic) bond motifs is 1. The number of hydrogen-bond donors (Lipinski definition) is 3. The zero-order chi connectivity index (χ0) is 26.3. The standard InChI is InChI=1S/C24H25F2N3O7/c1-3-27-9-15(24(34)35)22(32)14-7-16(25)21(19(26)20(14)27)29-5-4-28(12(2)8-29)10-18-23(33)17(31)6-13(11-30)36-18/h6-7,9,12,30,33H,3-5,8,10-11H2,1-2H3,(H,34,35). The van der Waals surface area contributed by atoms with E-state index in [1.54, 1.807) is 13.8 Å². The van der Waals surface area contributed by atoms with Crippen LogP contribution in [0.5, 0.6) is 5.75 Å². The Bertz CT molecular complexity index is 1470. The van der Waals surface area contributed by atoms with Crippen LogP contribution in [0.2, 0.25) is 0 Å². The van der Waals surface area contributed by atoms with Crippen LogP contribution < -0.4 is 15.8 Å². The summed E-state index contributed by atoms with van der Waals surface area (Å²) in [4.78, 5) is 39.3. The Morgan fingerprint density at radius 2 is 1.94 bits per heavy atom. The number of aromatic nitrogens is 1. The number of aliphatic hydroxyl groups is 1. The van der Waals surface area contributed by atoms with Gasteiger partial charge in [-0.2, -0.15) is 0 Å². The molecule has 0 aliphatic carbocycles. The monoisotopic (exact) mass is 505 g/mol. The molecule has 192 valence electrons. The van der Waals surface area contributed by atoms with Crippen molar-refractivity contribution in [1.82, 2.24) is 9.47 Å². The second kappa shape index (κ2) is 9.70. The Kier molecular flexibility index (Phi) is 6.83. The van der Waals surface area contributed by atoms with Crippen molar-refractivity contribution in [2.24, 2.45) is 0 Å². The molecule has 0 amide bonds. The number of anilines is 1. The Balaban J connectivity index is 1.67. The zero-order valence-corrected chi connectivity index (χ0v) is 19.6. The number of aromatic carboxylic acids is 1. The molecular formula is C24H25F2N3O7. The minimum absolute atomic E-state index is 0.00687. The van der Waals surface area contributed by atoms with Crippen LogP contribution in [-0.4, -0.2) is 56.4 Å². The van der Waals surface area contributed by atoms with Crippen LogP contribution in [0.15, 0.2) is 32.3 Å². The molecule has 0 bridgehead atoms. The van der Waals surface area contributed by atoms with Gasteiger partial charge in [-0.05, 0) is 19.9 Å². The maximum absolute atomic E-state index is 15.7. The third-order valence-corrected chi connectivity index (χ3v) is 6.43. The van der Waals surface area contributed by atoms with E-state index in [1.165, 1.54) is 9.47 Å². The average Bonchev–Trinajstić information content (AvgIpc) is 2.83. The Morgan fingerprint density at radius 1 is 1.22 bits per heavy atom. The molecule has 12 heteroatoms. The fraction of sp³-hybridized carbons (Fsp3) is 0.375. The van der Waals surface area contributed by atoms with Crippen molar-refractivity contribution in [2.75, 3.05) is 24.5 Å². The summed E-state index contributed by atoms with van der Waals surface area (Å²) in [6, 6.07) is 1.58. The number of benzene rings is 1. The number of nitrogens with zero attached hydrogens (tertiary/aromatic N) is 3. The maximum atomic E-state index is 15.7. The molecule has 1 aromatic carbocycles. The van der Waals surface area contributed by atoms with Gasteiger partial charge in [-0.15, -0.1) is 0 Å². The van der Waals surface area contributed by atoms with E-state index in [1.807, 2.05) is 4.90 Å². The first-order chi connectivity index (χ1) is 17.1. The van der Waals surface area contributed by atoms with Crippen LogP contribution in [-0.2, 0) is 19.7 Å². The Hall–Kier alpha value is -3.77. The molecule has 1 fully saturated rings. The first kappa shape index (κ1) is 25.3. The Labute approximate surface area is 203 Å². The number of carboxylic acid groups (broad SMARTS) is 1. The van der Waals surface area contributed by atoms with Gasteiger partial charge in [0.15, 0.2) is 11.6 Å². The van der Waals surface area contributed by atoms with Gasteiger partial charge in [0.2, 0.25) is 16.6 Å². The highest BCUT2D eigenvalue weighted by atomic mass is 19.1. The normalized spacial score (nSPS) is 16.6. The molecule has 1 aliphatic heterocycles.